The van der Waals surface area contributed by atoms with Gasteiger partial charge < -0.3 is 0 Å². The van der Waals surface area contributed by atoms with Crippen molar-refractivity contribution in [1.29, 1.82) is 0 Å². The summed E-state index contributed by atoms with van der Waals surface area (Å²) < 4.78 is 0. The number of hydrogen-bond donors (Lipinski definition) is 0. The van der Waals surface area contributed by atoms with Gasteiger partial charge in [-0.2, -0.15) is 0 Å². The molecule has 0 aromatic heterocycles. The van der Waals surface area contributed by atoms with Crippen molar-refractivity contribution in [3.05, 3.63) is 0 Å². The SMILES string of the molecule is CSC#CCCCCC1CC1. The predicted molar refractivity (Wildman–Crippen MR) is 52.5 cm³/mol. The van der Waals surface area contributed by atoms with Crippen LogP contribution in [-0.2, 0) is 0 Å². The first-order valence-corrected chi connectivity index (χ1v) is 5.67. The van der Waals surface area contributed by atoms with Crippen LogP contribution in [0.3, 0.4) is 0 Å². The zero-order chi connectivity index (χ0) is 7.94. The molecule has 11 heavy (non-hydrogen) atoms. The summed E-state index contributed by atoms with van der Waals surface area (Å²) in [4.78, 5) is 0. The third-order valence-electron chi connectivity index (χ3n) is 2.04. The van der Waals surface area contributed by atoms with E-state index < -0.39 is 0 Å². The minimum absolute atomic E-state index is 1.10. The summed E-state index contributed by atoms with van der Waals surface area (Å²) in [5.74, 6) is 4.24. The van der Waals surface area contributed by atoms with Crippen LogP contribution in [0.25, 0.3) is 0 Å². The van der Waals surface area contributed by atoms with Crippen molar-refractivity contribution < 1.29 is 0 Å². The van der Waals surface area contributed by atoms with Gasteiger partial charge in [0, 0.05) is 6.42 Å². The Morgan fingerprint density at radius 3 is 2.82 bits per heavy atom. The lowest BCUT2D eigenvalue weighted by Crippen LogP contribution is -1.77. The first-order valence-electron chi connectivity index (χ1n) is 4.44. The fourth-order valence-electron chi connectivity index (χ4n) is 1.18. The van der Waals surface area contributed by atoms with E-state index in [9.17, 15) is 0 Å². The molecule has 1 aliphatic rings. The molecule has 0 aromatic carbocycles. The van der Waals surface area contributed by atoms with Crippen LogP contribution in [-0.4, -0.2) is 6.26 Å². The molecular formula is C10H16S. The molecule has 0 atom stereocenters. The maximum Gasteiger partial charge on any atom is 0.00976 e. The standard InChI is InChI=1S/C10H16S/c1-11-9-5-3-2-4-6-10-7-8-10/h10H,2-4,6-8H2,1H3. The molecule has 0 aromatic rings. The van der Waals surface area contributed by atoms with Crippen LogP contribution in [0.15, 0.2) is 0 Å². The second-order valence-corrected chi connectivity index (χ2v) is 3.78. The lowest BCUT2D eigenvalue weighted by atomic mass is 10.1. The molecule has 0 heterocycles. The van der Waals surface area contributed by atoms with Crippen LogP contribution >= 0.6 is 11.8 Å². The number of unbranched alkanes of at least 4 members (excludes halogenated alkanes) is 2. The molecule has 0 saturated heterocycles. The van der Waals surface area contributed by atoms with E-state index in [1.807, 2.05) is 6.26 Å². The van der Waals surface area contributed by atoms with E-state index >= 15 is 0 Å². The highest BCUT2D eigenvalue weighted by atomic mass is 32.2. The van der Waals surface area contributed by atoms with Gasteiger partial charge in [-0.3, -0.25) is 0 Å². The van der Waals surface area contributed by atoms with Gasteiger partial charge in [-0.05, 0) is 23.8 Å². The van der Waals surface area contributed by atoms with Gasteiger partial charge in [-0.15, -0.1) is 0 Å². The van der Waals surface area contributed by atoms with Crippen LogP contribution in [0.2, 0.25) is 0 Å². The van der Waals surface area contributed by atoms with E-state index in [1.165, 1.54) is 32.1 Å². The zero-order valence-corrected chi connectivity index (χ0v) is 8.04. The summed E-state index contributed by atoms with van der Waals surface area (Å²) in [7, 11) is 0. The molecule has 0 spiro atoms. The predicted octanol–water partition coefficient (Wildman–Crippen LogP) is 3.28. The van der Waals surface area contributed by atoms with Gasteiger partial charge in [0.15, 0.2) is 0 Å². The minimum atomic E-state index is 1.10. The lowest BCUT2D eigenvalue weighted by Gasteiger charge is -1.92. The van der Waals surface area contributed by atoms with Gasteiger partial charge >= 0.3 is 0 Å². The Morgan fingerprint density at radius 1 is 1.36 bits per heavy atom. The lowest BCUT2D eigenvalue weighted by molar-refractivity contribution is 0.638. The van der Waals surface area contributed by atoms with E-state index in [4.69, 9.17) is 0 Å². The highest BCUT2D eigenvalue weighted by molar-refractivity contribution is 8.03. The van der Waals surface area contributed by atoms with Gasteiger partial charge in [0.1, 0.15) is 0 Å². The van der Waals surface area contributed by atoms with Crippen molar-refractivity contribution >= 4 is 11.8 Å². The van der Waals surface area contributed by atoms with Crippen LogP contribution < -0.4 is 0 Å². The van der Waals surface area contributed by atoms with Gasteiger partial charge in [0.05, 0.1) is 0 Å². The Kier molecular flexibility index (Phi) is 4.54. The second kappa shape index (κ2) is 5.55. The molecule has 1 aliphatic carbocycles. The van der Waals surface area contributed by atoms with Gasteiger partial charge in [-0.1, -0.05) is 43.4 Å². The first kappa shape index (κ1) is 9.00. The molecule has 62 valence electrons. The van der Waals surface area contributed by atoms with Crippen molar-refractivity contribution in [2.75, 3.05) is 6.26 Å². The van der Waals surface area contributed by atoms with Gasteiger partial charge in [-0.25, -0.2) is 0 Å². The maximum atomic E-state index is 3.14. The topological polar surface area (TPSA) is 0 Å². The van der Waals surface area contributed by atoms with Crippen molar-refractivity contribution in [2.45, 2.75) is 38.5 Å². The minimum Gasteiger partial charge on any atom is -0.0913 e. The fraction of sp³-hybridized carbons (Fsp3) is 0.800. The maximum absolute atomic E-state index is 3.14. The summed E-state index contributed by atoms with van der Waals surface area (Å²) in [5.41, 5.74) is 0. The molecule has 0 radical (unpaired) electrons. The Hall–Kier alpha value is -0.0900. The van der Waals surface area contributed by atoms with Crippen molar-refractivity contribution in [1.82, 2.24) is 0 Å². The van der Waals surface area contributed by atoms with Crippen LogP contribution in [0, 0.1) is 17.1 Å². The first-order chi connectivity index (χ1) is 5.43. The molecule has 0 unspecified atom stereocenters. The van der Waals surface area contributed by atoms with E-state index in [-0.39, 0.29) is 0 Å². The van der Waals surface area contributed by atoms with Gasteiger partial charge in [0.25, 0.3) is 0 Å². The summed E-state index contributed by atoms with van der Waals surface area (Å²) in [6, 6.07) is 0. The van der Waals surface area contributed by atoms with Crippen molar-refractivity contribution in [2.24, 2.45) is 5.92 Å². The van der Waals surface area contributed by atoms with Crippen molar-refractivity contribution in [3.8, 4) is 11.2 Å². The smallest absolute Gasteiger partial charge is 0.00976 e. The Bertz CT molecular complexity index is 148. The largest absolute Gasteiger partial charge is 0.0913 e. The highest BCUT2D eigenvalue weighted by Gasteiger charge is 2.19. The third kappa shape index (κ3) is 5.21. The molecule has 0 bridgehead atoms. The molecule has 1 rings (SSSR count). The Morgan fingerprint density at radius 2 is 2.18 bits per heavy atom. The fourth-order valence-corrected chi connectivity index (χ4v) is 1.42. The monoisotopic (exact) mass is 168 g/mol. The van der Waals surface area contributed by atoms with E-state index in [2.05, 4.69) is 11.2 Å². The quantitative estimate of drug-likeness (QED) is 0.458. The Labute approximate surface area is 74.1 Å². The van der Waals surface area contributed by atoms with Crippen molar-refractivity contribution in [3.63, 3.8) is 0 Å². The molecule has 0 nitrogen and oxygen atoms in total. The summed E-state index contributed by atoms with van der Waals surface area (Å²) in [6.45, 7) is 0. The van der Waals surface area contributed by atoms with E-state index in [1.54, 1.807) is 11.8 Å². The van der Waals surface area contributed by atoms with Crippen LogP contribution in [0.5, 0.6) is 0 Å². The average molecular weight is 168 g/mol. The molecule has 1 heteroatoms. The molecular weight excluding hydrogens is 152 g/mol. The Balaban J connectivity index is 1.79. The van der Waals surface area contributed by atoms with Gasteiger partial charge in [0.2, 0.25) is 0 Å². The second-order valence-electron chi connectivity index (χ2n) is 3.17. The molecule has 0 amide bonds. The average Bonchev–Trinajstić information content (AvgIpc) is 2.80. The van der Waals surface area contributed by atoms with E-state index in [0.29, 0.717) is 0 Å². The third-order valence-corrected chi connectivity index (χ3v) is 2.38. The molecule has 0 N–H and O–H groups in total. The molecule has 1 saturated carbocycles. The van der Waals surface area contributed by atoms with Crippen LogP contribution in [0.4, 0.5) is 0 Å². The van der Waals surface area contributed by atoms with E-state index in [0.717, 1.165) is 12.3 Å². The summed E-state index contributed by atoms with van der Waals surface area (Å²) >= 11 is 1.62. The normalized spacial score (nSPS) is 15.7. The van der Waals surface area contributed by atoms with Crippen LogP contribution in [0.1, 0.15) is 38.5 Å². The number of thioether (sulfide) groups is 1. The highest BCUT2D eigenvalue weighted by Crippen LogP contribution is 2.33. The summed E-state index contributed by atoms with van der Waals surface area (Å²) in [5, 5.41) is 3.02. The number of hydrogen-bond acceptors (Lipinski definition) is 1. The summed E-state index contributed by atoms with van der Waals surface area (Å²) in [6.07, 6.45) is 10.3. The zero-order valence-electron chi connectivity index (χ0n) is 7.23. The number of rotatable bonds is 4. The molecule has 0 aliphatic heterocycles. The molecule has 1 fully saturated rings.